The van der Waals surface area contributed by atoms with Gasteiger partial charge in [-0.15, -0.1) is 0 Å². The maximum Gasteiger partial charge on any atom is 0.0560 e. The van der Waals surface area contributed by atoms with Crippen molar-refractivity contribution in [3.05, 3.63) is 199 Å². The normalized spacial score (nSPS) is 13.7. The Bertz CT molecular complexity index is 2380. The molecule has 1 aliphatic rings. The molecule has 8 rings (SSSR count). The van der Waals surface area contributed by atoms with Crippen LogP contribution in [0.15, 0.2) is 182 Å². The van der Waals surface area contributed by atoms with E-state index in [0.29, 0.717) is 0 Å². The maximum atomic E-state index is 4.67. The van der Waals surface area contributed by atoms with Gasteiger partial charge in [0.2, 0.25) is 0 Å². The van der Waals surface area contributed by atoms with E-state index in [1.165, 1.54) is 28.0 Å². The number of anilines is 5. The average molecular weight is 701 g/mol. The fourth-order valence-corrected chi connectivity index (χ4v) is 7.11. The highest BCUT2D eigenvalue weighted by atomic mass is 15.2. The Morgan fingerprint density at radius 1 is 0.426 bits per heavy atom. The summed E-state index contributed by atoms with van der Waals surface area (Å²) in [7, 11) is 0. The number of aryl methyl sites for hydroxylation is 3. The Morgan fingerprint density at radius 3 is 1.17 bits per heavy atom. The number of nitrogens with zero attached hydrogens (tertiary/aromatic N) is 4. The second-order valence-corrected chi connectivity index (χ2v) is 14.3. The monoisotopic (exact) mass is 700 g/mol. The molecule has 1 atom stereocenters. The van der Waals surface area contributed by atoms with Crippen molar-refractivity contribution in [2.75, 3.05) is 9.80 Å². The second kappa shape index (κ2) is 15.2. The van der Waals surface area contributed by atoms with Crippen LogP contribution in [0.25, 0.3) is 33.4 Å². The van der Waals surface area contributed by atoms with E-state index in [1.807, 2.05) is 24.8 Å². The quantitative estimate of drug-likeness (QED) is 0.150. The summed E-state index contributed by atoms with van der Waals surface area (Å²) in [6.45, 7) is 8.54. The van der Waals surface area contributed by atoms with Crippen LogP contribution in [-0.2, 0) is 0 Å². The van der Waals surface area contributed by atoms with E-state index in [4.69, 9.17) is 0 Å². The van der Waals surface area contributed by atoms with Crippen molar-refractivity contribution in [3.63, 3.8) is 0 Å². The van der Waals surface area contributed by atoms with E-state index in [1.54, 1.807) is 0 Å². The van der Waals surface area contributed by atoms with Crippen molar-refractivity contribution in [1.82, 2.24) is 9.97 Å². The van der Waals surface area contributed by atoms with Gasteiger partial charge in [-0.2, -0.15) is 0 Å². The lowest BCUT2D eigenvalue weighted by atomic mass is 9.99. The summed E-state index contributed by atoms with van der Waals surface area (Å²) in [6.07, 6.45) is 15.6. The van der Waals surface area contributed by atoms with Crippen LogP contribution in [0.4, 0.5) is 28.4 Å². The van der Waals surface area contributed by atoms with Gasteiger partial charge in [0.1, 0.15) is 0 Å². The largest absolute Gasteiger partial charge is 0.334 e. The van der Waals surface area contributed by atoms with E-state index in [0.717, 1.165) is 62.6 Å². The summed E-state index contributed by atoms with van der Waals surface area (Å²) in [5.41, 5.74) is 17.2. The molecule has 0 bridgehead atoms. The number of rotatable bonds is 9. The highest BCUT2D eigenvalue weighted by molar-refractivity contribution is 5.80. The zero-order valence-corrected chi connectivity index (χ0v) is 31.3. The molecule has 0 spiro atoms. The first-order valence-electron chi connectivity index (χ1n) is 18.6. The van der Waals surface area contributed by atoms with E-state index in [2.05, 4.69) is 199 Å². The number of pyridine rings is 2. The van der Waals surface area contributed by atoms with Crippen LogP contribution in [0.1, 0.15) is 30.0 Å². The Hall–Kier alpha value is -6.52. The van der Waals surface area contributed by atoms with E-state index < -0.39 is 0 Å². The Kier molecular flexibility index (Phi) is 9.74. The molecule has 5 aromatic carbocycles. The van der Waals surface area contributed by atoms with Crippen molar-refractivity contribution in [3.8, 4) is 33.4 Å². The zero-order valence-electron chi connectivity index (χ0n) is 31.3. The Morgan fingerprint density at radius 2 is 0.778 bits per heavy atom. The second-order valence-electron chi connectivity index (χ2n) is 14.3. The molecule has 1 aliphatic carbocycles. The standard InChI is InChI=1S/C50H44N4/c1-35-5-17-45(18-6-35)53(46-19-7-36(2)8-20-46)49-25-13-39(14-26-49)41-29-43(33-51-31-41)44-30-42(32-52-34-44)40-15-27-50(28-16-40)54(47-21-9-37(3)10-22-47)48-23-11-38(4)12-24-48/h5-23,25-34,48H,24H2,1-4H3. The minimum absolute atomic E-state index is 0.253. The van der Waals surface area contributed by atoms with Crippen LogP contribution in [0, 0.1) is 20.8 Å². The molecular formula is C50H44N4. The SMILES string of the molecule is CC1=CCC(N(c2ccc(C)cc2)c2ccc(-c3cncc(-c4cncc(-c5ccc(N(c6ccc(C)cc6)c6ccc(C)cc6)cc5)c4)c3)cc2)C=C1. The molecule has 0 saturated carbocycles. The predicted octanol–water partition coefficient (Wildman–Crippen LogP) is 13.3. The highest BCUT2D eigenvalue weighted by Gasteiger charge is 2.20. The van der Waals surface area contributed by atoms with Crippen molar-refractivity contribution in [1.29, 1.82) is 0 Å². The summed E-state index contributed by atoms with van der Waals surface area (Å²) >= 11 is 0. The number of benzene rings is 5. The van der Waals surface area contributed by atoms with Crippen molar-refractivity contribution < 1.29 is 0 Å². The molecule has 0 amide bonds. The summed E-state index contributed by atoms with van der Waals surface area (Å²) in [5.74, 6) is 0. The van der Waals surface area contributed by atoms with Gasteiger partial charge < -0.3 is 9.80 Å². The van der Waals surface area contributed by atoms with Gasteiger partial charge in [0, 0.05) is 75.5 Å². The molecule has 2 heterocycles. The van der Waals surface area contributed by atoms with E-state index >= 15 is 0 Å². The lowest BCUT2D eigenvalue weighted by Crippen LogP contribution is -2.30. The summed E-state index contributed by atoms with van der Waals surface area (Å²) < 4.78 is 0. The molecule has 2 aromatic heterocycles. The number of hydrogen-bond donors (Lipinski definition) is 0. The summed E-state index contributed by atoms with van der Waals surface area (Å²) in [4.78, 5) is 14.1. The number of allylic oxidation sites excluding steroid dienone is 2. The van der Waals surface area contributed by atoms with Gasteiger partial charge in [0.05, 0.1) is 6.04 Å². The highest BCUT2D eigenvalue weighted by Crippen LogP contribution is 2.37. The van der Waals surface area contributed by atoms with Crippen LogP contribution >= 0.6 is 0 Å². The molecule has 0 N–H and O–H groups in total. The van der Waals surface area contributed by atoms with E-state index in [9.17, 15) is 0 Å². The number of aromatic nitrogens is 2. The third-order valence-electron chi connectivity index (χ3n) is 10.2. The van der Waals surface area contributed by atoms with Crippen molar-refractivity contribution in [2.45, 2.75) is 40.2 Å². The van der Waals surface area contributed by atoms with Crippen LogP contribution in [-0.4, -0.2) is 16.0 Å². The molecule has 0 radical (unpaired) electrons. The topological polar surface area (TPSA) is 32.3 Å². The molecular weight excluding hydrogens is 657 g/mol. The first kappa shape index (κ1) is 34.6. The molecule has 0 aliphatic heterocycles. The molecule has 0 saturated heterocycles. The molecule has 4 heteroatoms. The zero-order chi connectivity index (χ0) is 37.0. The maximum absolute atomic E-state index is 4.67. The first-order valence-corrected chi connectivity index (χ1v) is 18.6. The predicted molar refractivity (Wildman–Crippen MR) is 227 cm³/mol. The summed E-state index contributed by atoms with van der Waals surface area (Å²) in [5, 5.41) is 0. The average Bonchev–Trinajstić information content (AvgIpc) is 3.21. The smallest absolute Gasteiger partial charge is 0.0560 e. The Labute approximate surface area is 319 Å². The minimum Gasteiger partial charge on any atom is -0.334 e. The fourth-order valence-electron chi connectivity index (χ4n) is 7.11. The van der Waals surface area contributed by atoms with Gasteiger partial charge >= 0.3 is 0 Å². The molecule has 4 nitrogen and oxygen atoms in total. The molecule has 1 unspecified atom stereocenters. The molecule has 264 valence electrons. The van der Waals surface area contributed by atoms with Crippen LogP contribution in [0.3, 0.4) is 0 Å². The van der Waals surface area contributed by atoms with Crippen LogP contribution < -0.4 is 9.80 Å². The van der Waals surface area contributed by atoms with Gasteiger partial charge in [-0.25, -0.2) is 0 Å². The summed E-state index contributed by atoms with van der Waals surface area (Å²) in [6, 6.07) is 48.5. The number of hydrogen-bond acceptors (Lipinski definition) is 4. The molecule has 7 aromatic rings. The van der Waals surface area contributed by atoms with Gasteiger partial charge in [0.15, 0.2) is 0 Å². The lowest BCUT2D eigenvalue weighted by Gasteiger charge is -2.33. The first-order chi connectivity index (χ1) is 26.4. The van der Waals surface area contributed by atoms with Gasteiger partial charge in [-0.05, 0) is 118 Å². The Balaban J connectivity index is 1.05. The van der Waals surface area contributed by atoms with Gasteiger partial charge in [-0.1, -0.05) is 101 Å². The van der Waals surface area contributed by atoms with Crippen LogP contribution in [0.2, 0.25) is 0 Å². The molecule has 0 fully saturated rings. The fraction of sp³-hybridized carbons (Fsp3) is 0.120. The minimum atomic E-state index is 0.253. The van der Waals surface area contributed by atoms with E-state index in [-0.39, 0.29) is 6.04 Å². The van der Waals surface area contributed by atoms with Gasteiger partial charge in [-0.3, -0.25) is 9.97 Å². The van der Waals surface area contributed by atoms with Crippen molar-refractivity contribution in [2.24, 2.45) is 0 Å². The lowest BCUT2D eigenvalue weighted by molar-refractivity contribution is 0.779. The third-order valence-corrected chi connectivity index (χ3v) is 10.2. The molecule has 54 heavy (non-hydrogen) atoms. The van der Waals surface area contributed by atoms with Crippen LogP contribution in [0.5, 0.6) is 0 Å². The van der Waals surface area contributed by atoms with Gasteiger partial charge in [0.25, 0.3) is 0 Å². The van der Waals surface area contributed by atoms with Crippen molar-refractivity contribution >= 4 is 28.4 Å². The third kappa shape index (κ3) is 7.51.